The standard InChI is InChI=1S/C14H14BrNO4/c1-16-11-4-2-9(6-8(11)3-5-12(16)17)14(20)10(15)7-13(18)19/h2,4,6,10H,3,5,7H2,1H3,(H,18,19). The number of carbonyl (C=O) groups is 3. The van der Waals surface area contributed by atoms with Gasteiger partial charge in [-0.15, -0.1) is 0 Å². The van der Waals surface area contributed by atoms with Gasteiger partial charge in [0.2, 0.25) is 5.91 Å². The molecule has 0 aliphatic carbocycles. The van der Waals surface area contributed by atoms with Crippen LogP contribution in [0.1, 0.15) is 28.8 Å². The normalized spacial score (nSPS) is 15.7. The van der Waals surface area contributed by atoms with Crippen molar-refractivity contribution in [2.45, 2.75) is 24.1 Å². The topological polar surface area (TPSA) is 74.7 Å². The Morgan fingerprint density at radius 3 is 2.75 bits per heavy atom. The van der Waals surface area contributed by atoms with Crippen LogP contribution in [0.2, 0.25) is 0 Å². The number of aliphatic carboxylic acids is 1. The number of benzene rings is 1. The molecule has 1 aromatic rings. The highest BCUT2D eigenvalue weighted by Gasteiger charge is 2.24. The summed E-state index contributed by atoms with van der Waals surface area (Å²) in [6.07, 6.45) is 0.772. The van der Waals surface area contributed by atoms with Crippen molar-refractivity contribution in [3.63, 3.8) is 0 Å². The third-order valence-electron chi connectivity index (χ3n) is 3.35. The minimum absolute atomic E-state index is 0.0563. The maximum absolute atomic E-state index is 12.1. The summed E-state index contributed by atoms with van der Waals surface area (Å²) in [5, 5.41) is 8.71. The number of nitrogens with zero attached hydrogens (tertiary/aromatic N) is 1. The average Bonchev–Trinajstić information content (AvgIpc) is 2.41. The summed E-state index contributed by atoms with van der Waals surface area (Å²) >= 11 is 3.10. The van der Waals surface area contributed by atoms with Crippen molar-refractivity contribution in [3.8, 4) is 0 Å². The van der Waals surface area contributed by atoms with E-state index in [0.717, 1.165) is 11.3 Å². The van der Waals surface area contributed by atoms with E-state index in [0.29, 0.717) is 18.4 Å². The number of anilines is 1. The van der Waals surface area contributed by atoms with Crippen LogP contribution < -0.4 is 4.90 Å². The fraction of sp³-hybridized carbons (Fsp3) is 0.357. The highest BCUT2D eigenvalue weighted by molar-refractivity contribution is 9.10. The van der Waals surface area contributed by atoms with Gasteiger partial charge in [0.15, 0.2) is 5.78 Å². The highest BCUT2D eigenvalue weighted by atomic mass is 79.9. The Labute approximate surface area is 124 Å². The first-order chi connectivity index (χ1) is 9.40. The molecule has 1 amide bonds. The monoisotopic (exact) mass is 339 g/mol. The predicted octanol–water partition coefficient (Wildman–Crippen LogP) is 2.02. The van der Waals surface area contributed by atoms with Gasteiger partial charge in [0.05, 0.1) is 11.2 Å². The molecule has 0 saturated heterocycles. The summed E-state index contributed by atoms with van der Waals surface area (Å²) in [6.45, 7) is 0. The maximum atomic E-state index is 12.1. The van der Waals surface area contributed by atoms with Crippen molar-refractivity contribution < 1.29 is 19.5 Å². The molecule has 0 spiro atoms. The second kappa shape index (κ2) is 5.75. The first kappa shape index (κ1) is 14.7. The number of halogens is 1. The van der Waals surface area contributed by atoms with E-state index in [1.807, 2.05) is 0 Å². The van der Waals surface area contributed by atoms with Crippen LogP contribution in [-0.2, 0) is 16.0 Å². The minimum Gasteiger partial charge on any atom is -0.481 e. The quantitative estimate of drug-likeness (QED) is 0.672. The first-order valence-electron chi connectivity index (χ1n) is 6.19. The Hall–Kier alpha value is -1.69. The largest absolute Gasteiger partial charge is 0.481 e. The highest BCUT2D eigenvalue weighted by Crippen LogP contribution is 2.28. The van der Waals surface area contributed by atoms with Crippen LogP contribution in [-0.4, -0.2) is 34.6 Å². The molecule has 1 aliphatic rings. The van der Waals surface area contributed by atoms with E-state index in [2.05, 4.69) is 15.9 Å². The fourth-order valence-electron chi connectivity index (χ4n) is 2.24. The molecule has 0 aromatic heterocycles. The van der Waals surface area contributed by atoms with Gasteiger partial charge in [0.1, 0.15) is 0 Å². The Morgan fingerprint density at radius 1 is 1.40 bits per heavy atom. The zero-order valence-corrected chi connectivity index (χ0v) is 12.5. The number of ketones is 1. The van der Waals surface area contributed by atoms with E-state index in [1.54, 1.807) is 30.1 Å². The van der Waals surface area contributed by atoms with Crippen LogP contribution >= 0.6 is 15.9 Å². The van der Waals surface area contributed by atoms with Crippen molar-refractivity contribution >= 4 is 39.3 Å². The van der Waals surface area contributed by atoms with Gasteiger partial charge in [-0.2, -0.15) is 0 Å². The van der Waals surface area contributed by atoms with Gasteiger partial charge >= 0.3 is 5.97 Å². The van der Waals surface area contributed by atoms with Crippen molar-refractivity contribution in [2.75, 3.05) is 11.9 Å². The van der Waals surface area contributed by atoms with E-state index in [-0.39, 0.29) is 18.1 Å². The van der Waals surface area contributed by atoms with E-state index >= 15 is 0 Å². The molecular formula is C14H14BrNO4. The van der Waals surface area contributed by atoms with E-state index in [4.69, 9.17) is 5.11 Å². The van der Waals surface area contributed by atoms with Gasteiger partial charge in [0, 0.05) is 24.7 Å². The lowest BCUT2D eigenvalue weighted by molar-refractivity contribution is -0.136. The number of rotatable bonds is 4. The predicted molar refractivity (Wildman–Crippen MR) is 77.5 cm³/mol. The Balaban J connectivity index is 2.25. The second-order valence-corrected chi connectivity index (χ2v) is 5.83. The van der Waals surface area contributed by atoms with Crippen LogP contribution in [0.3, 0.4) is 0 Å². The van der Waals surface area contributed by atoms with Crippen molar-refractivity contribution in [1.82, 2.24) is 0 Å². The minimum atomic E-state index is -1.02. The number of carboxylic acids is 1. The SMILES string of the molecule is CN1C(=O)CCc2cc(C(=O)C(Br)CC(=O)O)ccc21. The molecule has 1 heterocycles. The van der Waals surface area contributed by atoms with Crippen LogP contribution in [0.4, 0.5) is 5.69 Å². The van der Waals surface area contributed by atoms with Gasteiger partial charge in [-0.3, -0.25) is 14.4 Å². The van der Waals surface area contributed by atoms with Gasteiger partial charge in [-0.1, -0.05) is 15.9 Å². The van der Waals surface area contributed by atoms with E-state index in [1.165, 1.54) is 0 Å². The second-order valence-electron chi connectivity index (χ2n) is 4.73. The number of fused-ring (bicyclic) bond motifs is 1. The molecule has 1 atom stereocenters. The molecule has 1 aromatic carbocycles. The molecular weight excluding hydrogens is 326 g/mol. The van der Waals surface area contributed by atoms with Crippen molar-refractivity contribution in [2.24, 2.45) is 0 Å². The summed E-state index contributed by atoms with van der Waals surface area (Å²) in [4.78, 5) is 35.2. The zero-order valence-electron chi connectivity index (χ0n) is 10.9. The number of alkyl halides is 1. The molecule has 1 N–H and O–H groups in total. The molecule has 6 heteroatoms. The third-order valence-corrected chi connectivity index (χ3v) is 4.09. The fourth-order valence-corrected chi connectivity index (χ4v) is 2.78. The number of hydrogen-bond acceptors (Lipinski definition) is 3. The molecule has 20 heavy (non-hydrogen) atoms. The van der Waals surface area contributed by atoms with Crippen molar-refractivity contribution in [1.29, 1.82) is 0 Å². The lowest BCUT2D eigenvalue weighted by Gasteiger charge is -2.26. The van der Waals surface area contributed by atoms with Crippen LogP contribution in [0.25, 0.3) is 0 Å². The molecule has 1 aliphatic heterocycles. The lowest BCUT2D eigenvalue weighted by Crippen LogP contribution is -2.31. The Kier molecular flexibility index (Phi) is 4.23. The summed E-state index contributed by atoms with van der Waals surface area (Å²) in [5.41, 5.74) is 2.21. The van der Waals surface area contributed by atoms with E-state index < -0.39 is 10.8 Å². The molecule has 5 nitrogen and oxygen atoms in total. The average molecular weight is 340 g/mol. The molecule has 1 unspecified atom stereocenters. The molecule has 0 radical (unpaired) electrons. The van der Waals surface area contributed by atoms with Crippen LogP contribution in [0, 0.1) is 0 Å². The lowest BCUT2D eigenvalue weighted by atomic mass is 9.96. The number of hydrogen-bond donors (Lipinski definition) is 1. The van der Waals surface area contributed by atoms with Gasteiger partial charge < -0.3 is 10.0 Å². The third kappa shape index (κ3) is 2.90. The van der Waals surface area contributed by atoms with Gasteiger partial charge in [0.25, 0.3) is 0 Å². The number of carboxylic acid groups (broad SMARTS) is 1. The molecule has 0 fully saturated rings. The summed E-state index contributed by atoms with van der Waals surface area (Å²) in [6, 6.07) is 5.11. The maximum Gasteiger partial charge on any atom is 0.304 e. The Morgan fingerprint density at radius 2 is 2.10 bits per heavy atom. The van der Waals surface area contributed by atoms with Crippen molar-refractivity contribution in [3.05, 3.63) is 29.3 Å². The molecule has 0 saturated carbocycles. The number of Topliss-reactive ketones (excluding diaryl/α,β-unsaturated/α-hetero) is 1. The summed E-state index contributed by atoms with van der Waals surface area (Å²) in [5.74, 6) is -1.22. The smallest absolute Gasteiger partial charge is 0.304 e. The zero-order chi connectivity index (χ0) is 14.9. The van der Waals surface area contributed by atoms with Gasteiger partial charge in [-0.25, -0.2) is 0 Å². The van der Waals surface area contributed by atoms with Gasteiger partial charge in [-0.05, 0) is 30.2 Å². The Bertz CT molecular complexity index is 585. The summed E-state index contributed by atoms with van der Waals surface area (Å²) in [7, 11) is 1.71. The van der Waals surface area contributed by atoms with Crippen LogP contribution in [0.5, 0.6) is 0 Å². The number of amides is 1. The molecule has 2 rings (SSSR count). The number of carbonyl (C=O) groups excluding carboxylic acids is 2. The summed E-state index contributed by atoms with van der Waals surface area (Å²) < 4.78 is 0. The molecule has 0 bridgehead atoms. The van der Waals surface area contributed by atoms with E-state index in [9.17, 15) is 14.4 Å². The molecule has 106 valence electrons. The first-order valence-corrected chi connectivity index (χ1v) is 7.11. The number of aryl methyl sites for hydroxylation is 1. The van der Waals surface area contributed by atoms with Crippen LogP contribution in [0.15, 0.2) is 18.2 Å².